The number of rotatable bonds is 4. The van der Waals surface area contributed by atoms with Crippen LogP contribution in [0, 0.1) is 0 Å². The highest BCUT2D eigenvalue weighted by Crippen LogP contribution is 2.63. The normalized spacial score (nSPS) is 16.1. The van der Waals surface area contributed by atoms with Crippen molar-refractivity contribution in [2.75, 3.05) is 4.90 Å². The van der Waals surface area contributed by atoms with Gasteiger partial charge in [0.1, 0.15) is 11.5 Å². The van der Waals surface area contributed by atoms with E-state index in [-0.39, 0.29) is 5.41 Å². The average molecular weight is 742 g/mol. The zero-order valence-electron chi connectivity index (χ0n) is 32.4. The van der Waals surface area contributed by atoms with Crippen LogP contribution in [0.25, 0.3) is 44.2 Å². The summed E-state index contributed by atoms with van der Waals surface area (Å²) >= 11 is 0. The molecule has 0 saturated heterocycles. The van der Waals surface area contributed by atoms with Crippen LogP contribution in [0.4, 0.5) is 17.1 Å². The van der Waals surface area contributed by atoms with E-state index in [0.29, 0.717) is 0 Å². The Labute approximate surface area is 339 Å². The Morgan fingerprint density at radius 1 is 0.345 bits per heavy atom. The second kappa shape index (κ2) is 12.2. The zero-order chi connectivity index (χ0) is 38.6. The third kappa shape index (κ3) is 4.54. The number of nitrogens with zero attached hydrogens (tertiary/aromatic N) is 1. The van der Waals surface area contributed by atoms with E-state index < -0.39 is 5.41 Å². The highest BCUT2D eigenvalue weighted by atomic mass is 16.5. The summed E-state index contributed by atoms with van der Waals surface area (Å²) in [6.45, 7) is 4.72. The standard InChI is InChI=1S/C56H39NO/c1-55(2)47-20-10-8-18-43(47)45-30-28-41(34-50(45)55)57(40-26-24-37(25-27-40)36-14-4-3-5-15-36)42-29-31-46-44-19-9-11-21-48(44)56(51(46)35-42)49-22-12-13-23-53(49)58-54-33-39-17-7-6-16-38(39)32-52(54)56/h3-35H,1-2H3. The molecular formula is C56H39NO. The highest BCUT2D eigenvalue weighted by molar-refractivity contribution is 5.95. The fourth-order valence-corrected chi connectivity index (χ4v) is 10.4. The van der Waals surface area contributed by atoms with E-state index in [9.17, 15) is 0 Å². The van der Waals surface area contributed by atoms with Gasteiger partial charge >= 0.3 is 0 Å². The Morgan fingerprint density at radius 2 is 0.862 bits per heavy atom. The molecule has 1 heterocycles. The number of benzene rings is 9. The molecular weight excluding hydrogens is 703 g/mol. The molecule has 0 aromatic heterocycles. The van der Waals surface area contributed by atoms with Gasteiger partial charge in [0, 0.05) is 33.6 Å². The minimum atomic E-state index is -0.597. The lowest BCUT2D eigenvalue weighted by molar-refractivity contribution is 0.437. The van der Waals surface area contributed by atoms with E-state index in [2.05, 4.69) is 219 Å². The Kier molecular flexibility index (Phi) is 6.93. The fraction of sp³-hybridized carbons (Fsp3) is 0.0714. The second-order valence-corrected chi connectivity index (χ2v) is 16.5. The first-order valence-electron chi connectivity index (χ1n) is 20.3. The molecule has 0 fully saturated rings. The summed E-state index contributed by atoms with van der Waals surface area (Å²) in [5.74, 6) is 1.80. The molecule has 0 radical (unpaired) electrons. The van der Waals surface area contributed by atoms with Crippen LogP contribution in [0.3, 0.4) is 0 Å². The monoisotopic (exact) mass is 741 g/mol. The van der Waals surface area contributed by atoms with Crippen molar-refractivity contribution < 1.29 is 4.74 Å². The topological polar surface area (TPSA) is 12.5 Å². The van der Waals surface area contributed by atoms with E-state index in [4.69, 9.17) is 4.74 Å². The predicted octanol–water partition coefficient (Wildman–Crippen LogP) is 14.8. The molecule has 0 bridgehead atoms. The summed E-state index contributed by atoms with van der Waals surface area (Å²) in [5, 5.41) is 2.37. The van der Waals surface area contributed by atoms with Crippen LogP contribution in [0.1, 0.15) is 47.2 Å². The third-order valence-electron chi connectivity index (χ3n) is 13.1. The van der Waals surface area contributed by atoms with E-state index in [1.807, 2.05) is 0 Å². The summed E-state index contributed by atoms with van der Waals surface area (Å²) in [6.07, 6.45) is 0. The van der Waals surface area contributed by atoms with Crippen molar-refractivity contribution in [1.82, 2.24) is 0 Å². The minimum absolute atomic E-state index is 0.132. The van der Waals surface area contributed by atoms with Crippen molar-refractivity contribution >= 4 is 27.8 Å². The molecule has 2 aliphatic carbocycles. The van der Waals surface area contributed by atoms with Crippen LogP contribution in [0.2, 0.25) is 0 Å². The SMILES string of the molecule is CC1(C)c2ccccc2-c2ccc(N(c3ccc(-c4ccccc4)cc3)c3ccc4c(c3)C3(c5ccccc5Oc5cc6ccccc6cc53)c3ccccc3-4)cc21. The van der Waals surface area contributed by atoms with Crippen molar-refractivity contribution in [3.8, 4) is 44.9 Å². The molecule has 274 valence electrons. The molecule has 58 heavy (non-hydrogen) atoms. The lowest BCUT2D eigenvalue weighted by Crippen LogP contribution is -2.32. The average Bonchev–Trinajstić information content (AvgIpc) is 3.69. The predicted molar refractivity (Wildman–Crippen MR) is 239 cm³/mol. The Balaban J connectivity index is 1.12. The van der Waals surface area contributed by atoms with Crippen LogP contribution < -0.4 is 9.64 Å². The van der Waals surface area contributed by atoms with Gasteiger partial charge in [0.2, 0.25) is 0 Å². The van der Waals surface area contributed by atoms with Gasteiger partial charge in [0.05, 0.1) is 5.41 Å². The maximum atomic E-state index is 6.84. The summed E-state index contributed by atoms with van der Waals surface area (Å²) in [4.78, 5) is 2.46. The van der Waals surface area contributed by atoms with E-state index >= 15 is 0 Å². The smallest absolute Gasteiger partial charge is 0.132 e. The molecule has 3 aliphatic rings. The van der Waals surface area contributed by atoms with Crippen LogP contribution in [-0.4, -0.2) is 0 Å². The lowest BCUT2D eigenvalue weighted by atomic mass is 9.65. The van der Waals surface area contributed by atoms with Gasteiger partial charge in [-0.2, -0.15) is 0 Å². The van der Waals surface area contributed by atoms with Gasteiger partial charge in [-0.3, -0.25) is 0 Å². The van der Waals surface area contributed by atoms with E-state index in [1.165, 1.54) is 72.0 Å². The summed E-state index contributed by atoms with van der Waals surface area (Å²) in [6, 6.07) is 73.7. The molecule has 0 N–H and O–H groups in total. The molecule has 12 rings (SSSR count). The maximum Gasteiger partial charge on any atom is 0.132 e. The minimum Gasteiger partial charge on any atom is -0.457 e. The first-order valence-corrected chi connectivity index (χ1v) is 20.3. The number of fused-ring (bicyclic) bond motifs is 13. The Morgan fingerprint density at radius 3 is 1.60 bits per heavy atom. The number of hydrogen-bond acceptors (Lipinski definition) is 2. The number of para-hydroxylation sites is 1. The fourth-order valence-electron chi connectivity index (χ4n) is 10.4. The maximum absolute atomic E-state index is 6.84. The largest absolute Gasteiger partial charge is 0.457 e. The molecule has 1 spiro atoms. The van der Waals surface area contributed by atoms with E-state index in [0.717, 1.165) is 34.1 Å². The summed E-state index contributed by atoms with van der Waals surface area (Å²) in [7, 11) is 0. The molecule has 1 atom stereocenters. The van der Waals surface area contributed by atoms with Gasteiger partial charge < -0.3 is 9.64 Å². The molecule has 2 nitrogen and oxygen atoms in total. The Hall–Kier alpha value is -7.16. The number of ether oxygens (including phenoxy) is 1. The molecule has 0 saturated carbocycles. The van der Waals surface area contributed by atoms with Crippen LogP contribution in [0.15, 0.2) is 200 Å². The van der Waals surface area contributed by atoms with Gasteiger partial charge in [-0.15, -0.1) is 0 Å². The number of hydrogen-bond donors (Lipinski definition) is 0. The third-order valence-corrected chi connectivity index (χ3v) is 13.1. The number of anilines is 3. The van der Waals surface area contributed by atoms with Crippen molar-refractivity contribution in [2.24, 2.45) is 0 Å². The molecule has 1 aliphatic heterocycles. The van der Waals surface area contributed by atoms with Crippen LogP contribution in [0.5, 0.6) is 11.5 Å². The highest BCUT2D eigenvalue weighted by Gasteiger charge is 2.51. The Bertz CT molecular complexity index is 3120. The first kappa shape index (κ1) is 33.0. The van der Waals surface area contributed by atoms with E-state index in [1.54, 1.807) is 0 Å². The molecule has 1 unspecified atom stereocenters. The van der Waals surface area contributed by atoms with Crippen molar-refractivity contribution in [2.45, 2.75) is 24.7 Å². The van der Waals surface area contributed by atoms with Gasteiger partial charge in [0.25, 0.3) is 0 Å². The quantitative estimate of drug-likeness (QED) is 0.178. The van der Waals surface area contributed by atoms with Crippen molar-refractivity contribution in [1.29, 1.82) is 0 Å². The molecule has 0 amide bonds. The van der Waals surface area contributed by atoms with Gasteiger partial charge in [-0.05, 0) is 121 Å². The second-order valence-electron chi connectivity index (χ2n) is 16.5. The molecule has 9 aromatic carbocycles. The van der Waals surface area contributed by atoms with Crippen LogP contribution >= 0.6 is 0 Å². The van der Waals surface area contributed by atoms with Gasteiger partial charge in [-0.1, -0.05) is 159 Å². The first-order chi connectivity index (χ1) is 28.5. The van der Waals surface area contributed by atoms with Gasteiger partial charge in [-0.25, -0.2) is 0 Å². The van der Waals surface area contributed by atoms with Crippen molar-refractivity contribution in [3.05, 3.63) is 234 Å². The zero-order valence-corrected chi connectivity index (χ0v) is 32.4. The summed E-state index contributed by atoms with van der Waals surface area (Å²) < 4.78 is 6.84. The van der Waals surface area contributed by atoms with Crippen LogP contribution in [-0.2, 0) is 10.8 Å². The van der Waals surface area contributed by atoms with Crippen molar-refractivity contribution in [3.63, 3.8) is 0 Å². The van der Waals surface area contributed by atoms with Gasteiger partial charge in [0.15, 0.2) is 0 Å². The molecule has 9 aromatic rings. The summed E-state index contributed by atoms with van der Waals surface area (Å²) in [5.41, 5.74) is 17.8. The molecule has 2 heteroatoms. The lowest BCUT2D eigenvalue weighted by Gasteiger charge is -2.40.